The molecule has 0 aliphatic rings. The maximum atomic E-state index is 10.9. The third-order valence-electron chi connectivity index (χ3n) is 2.02. The second-order valence-electron chi connectivity index (χ2n) is 3.50. The number of hydrogen-bond acceptors (Lipinski definition) is 1. The molecule has 0 fully saturated rings. The first-order valence-corrected chi connectivity index (χ1v) is 5.56. The number of carbonyl (C=O) groups is 1. The summed E-state index contributed by atoms with van der Waals surface area (Å²) >= 11 is 5.56. The number of allylic oxidation sites excluding steroid dienone is 1. The van der Waals surface area contributed by atoms with Gasteiger partial charge in [0.2, 0.25) is 0 Å². The van der Waals surface area contributed by atoms with E-state index < -0.39 is 0 Å². The molecule has 1 aromatic rings. The highest BCUT2D eigenvalue weighted by Gasteiger charge is 1.96. The van der Waals surface area contributed by atoms with Crippen LogP contribution < -0.4 is 0 Å². The first kappa shape index (κ1) is 12.0. The molecule has 0 aliphatic heterocycles. The van der Waals surface area contributed by atoms with Crippen LogP contribution in [0.1, 0.15) is 24.5 Å². The van der Waals surface area contributed by atoms with E-state index in [0.29, 0.717) is 12.3 Å². The zero-order chi connectivity index (χ0) is 11.1. The third kappa shape index (κ3) is 4.80. The molecule has 0 unspecified atom stereocenters. The molecule has 80 valence electrons. The summed E-state index contributed by atoms with van der Waals surface area (Å²) in [6.45, 7) is 1.61. The van der Waals surface area contributed by atoms with E-state index in [1.165, 1.54) is 0 Å². The highest BCUT2D eigenvalue weighted by Crippen LogP contribution is 2.07. The average Bonchev–Trinajstić information content (AvgIpc) is 2.20. The minimum Gasteiger partial charge on any atom is -0.300 e. The Morgan fingerprint density at radius 2 is 2.00 bits per heavy atom. The quantitative estimate of drug-likeness (QED) is 0.698. The van der Waals surface area contributed by atoms with Crippen LogP contribution in [0.15, 0.2) is 30.3 Å². The number of carbonyl (C=O) groups excluding carboxylic acids is 1. The van der Waals surface area contributed by atoms with E-state index in [2.05, 4.69) is 0 Å². The Balaban J connectivity index is 2.60. The van der Waals surface area contributed by atoms with Crippen molar-refractivity contribution in [2.24, 2.45) is 0 Å². The summed E-state index contributed by atoms with van der Waals surface area (Å²) in [6, 6.07) is 8.01. The number of halogens is 1. The van der Waals surface area contributed by atoms with Crippen LogP contribution in [0.4, 0.5) is 0 Å². The topological polar surface area (TPSA) is 17.1 Å². The fourth-order valence-electron chi connectivity index (χ4n) is 1.32. The van der Waals surface area contributed by atoms with E-state index in [1.807, 2.05) is 36.4 Å². The highest BCUT2D eigenvalue weighted by atomic mass is 35.5. The number of hydrogen-bond donors (Lipinski definition) is 0. The third-order valence-corrected chi connectivity index (χ3v) is 2.24. The van der Waals surface area contributed by atoms with Gasteiger partial charge in [-0.3, -0.25) is 4.79 Å². The zero-order valence-corrected chi connectivity index (χ0v) is 9.63. The lowest BCUT2D eigenvalue weighted by molar-refractivity contribution is -0.116. The van der Waals surface area contributed by atoms with Crippen molar-refractivity contribution in [3.05, 3.63) is 41.5 Å². The SMILES string of the molecule is CC(=O)Cc1ccc(C=CCCCl)cc1. The van der Waals surface area contributed by atoms with Gasteiger partial charge in [0.05, 0.1) is 0 Å². The fraction of sp³-hybridized carbons (Fsp3) is 0.308. The van der Waals surface area contributed by atoms with Gasteiger partial charge in [-0.2, -0.15) is 0 Å². The van der Waals surface area contributed by atoms with Crippen LogP contribution in [0.5, 0.6) is 0 Å². The van der Waals surface area contributed by atoms with E-state index in [4.69, 9.17) is 11.6 Å². The molecule has 0 amide bonds. The van der Waals surface area contributed by atoms with Gasteiger partial charge in [-0.15, -0.1) is 11.6 Å². The summed E-state index contributed by atoms with van der Waals surface area (Å²) in [5, 5.41) is 0. The Bertz CT molecular complexity index is 338. The number of rotatable bonds is 5. The van der Waals surface area contributed by atoms with Gasteiger partial charge in [-0.05, 0) is 24.5 Å². The minimum atomic E-state index is 0.195. The second-order valence-corrected chi connectivity index (χ2v) is 3.88. The lowest BCUT2D eigenvalue weighted by Crippen LogP contribution is -1.95. The molecular formula is C13H15ClO. The van der Waals surface area contributed by atoms with Crippen molar-refractivity contribution in [2.45, 2.75) is 19.8 Å². The van der Waals surface area contributed by atoms with Crippen molar-refractivity contribution >= 4 is 23.5 Å². The average molecular weight is 223 g/mol. The Hall–Kier alpha value is -1.08. The van der Waals surface area contributed by atoms with Gasteiger partial charge < -0.3 is 0 Å². The van der Waals surface area contributed by atoms with E-state index >= 15 is 0 Å². The maximum absolute atomic E-state index is 10.9. The highest BCUT2D eigenvalue weighted by molar-refractivity contribution is 6.17. The van der Waals surface area contributed by atoms with Crippen LogP contribution in [0.25, 0.3) is 6.08 Å². The summed E-state index contributed by atoms with van der Waals surface area (Å²) in [5.74, 6) is 0.847. The number of Topliss-reactive ketones (excluding diaryl/α,β-unsaturated/α-hetero) is 1. The number of alkyl halides is 1. The summed E-state index contributed by atoms with van der Waals surface area (Å²) < 4.78 is 0. The van der Waals surface area contributed by atoms with Crippen LogP contribution in [0, 0.1) is 0 Å². The van der Waals surface area contributed by atoms with Gasteiger partial charge >= 0.3 is 0 Å². The first-order chi connectivity index (χ1) is 7.22. The van der Waals surface area contributed by atoms with E-state index in [9.17, 15) is 4.79 Å². The number of ketones is 1. The van der Waals surface area contributed by atoms with Crippen LogP contribution in [0.2, 0.25) is 0 Å². The molecule has 0 saturated heterocycles. The first-order valence-electron chi connectivity index (χ1n) is 5.03. The van der Waals surface area contributed by atoms with Crippen molar-refractivity contribution in [3.8, 4) is 0 Å². The summed E-state index contributed by atoms with van der Waals surface area (Å²) in [5.41, 5.74) is 2.21. The molecule has 15 heavy (non-hydrogen) atoms. The van der Waals surface area contributed by atoms with E-state index in [-0.39, 0.29) is 5.78 Å². The fourth-order valence-corrected chi connectivity index (χ4v) is 1.44. The molecule has 1 aromatic carbocycles. The van der Waals surface area contributed by atoms with Gasteiger partial charge in [0.15, 0.2) is 0 Å². The van der Waals surface area contributed by atoms with Gasteiger partial charge in [0.25, 0.3) is 0 Å². The molecule has 0 saturated carbocycles. The van der Waals surface area contributed by atoms with Crippen molar-refractivity contribution < 1.29 is 4.79 Å². The normalized spacial score (nSPS) is 10.8. The molecule has 0 bridgehead atoms. The van der Waals surface area contributed by atoms with E-state index in [0.717, 1.165) is 17.5 Å². The molecule has 0 heterocycles. The van der Waals surface area contributed by atoms with Gasteiger partial charge in [0, 0.05) is 12.3 Å². The van der Waals surface area contributed by atoms with Gasteiger partial charge in [0.1, 0.15) is 5.78 Å². The predicted molar refractivity (Wildman–Crippen MR) is 65.2 cm³/mol. The van der Waals surface area contributed by atoms with Crippen molar-refractivity contribution in [1.82, 2.24) is 0 Å². The molecule has 0 aromatic heterocycles. The largest absolute Gasteiger partial charge is 0.300 e. The Morgan fingerprint density at radius 3 is 2.53 bits per heavy atom. The summed E-state index contributed by atoms with van der Waals surface area (Å²) in [6.07, 6.45) is 5.50. The molecule has 0 spiro atoms. The Morgan fingerprint density at radius 1 is 1.33 bits per heavy atom. The smallest absolute Gasteiger partial charge is 0.134 e. The molecule has 1 rings (SSSR count). The Kier molecular flexibility index (Phi) is 5.13. The second kappa shape index (κ2) is 6.41. The molecule has 1 nitrogen and oxygen atoms in total. The molecule has 0 atom stereocenters. The molecular weight excluding hydrogens is 208 g/mol. The maximum Gasteiger partial charge on any atom is 0.134 e. The monoisotopic (exact) mass is 222 g/mol. The number of benzene rings is 1. The lowest BCUT2D eigenvalue weighted by atomic mass is 10.1. The van der Waals surface area contributed by atoms with Crippen molar-refractivity contribution in [2.75, 3.05) is 5.88 Å². The standard InChI is InChI=1S/C13H15ClO/c1-11(15)10-13-7-5-12(6-8-13)4-2-3-9-14/h2,4-8H,3,9-10H2,1H3. The zero-order valence-electron chi connectivity index (χ0n) is 8.87. The van der Waals surface area contributed by atoms with Crippen LogP contribution in [-0.4, -0.2) is 11.7 Å². The molecule has 2 heteroatoms. The van der Waals surface area contributed by atoms with Gasteiger partial charge in [-0.1, -0.05) is 36.4 Å². The Labute approximate surface area is 95.8 Å². The lowest BCUT2D eigenvalue weighted by Gasteiger charge is -1.98. The van der Waals surface area contributed by atoms with Crippen molar-refractivity contribution in [3.63, 3.8) is 0 Å². The van der Waals surface area contributed by atoms with Crippen LogP contribution >= 0.6 is 11.6 Å². The minimum absolute atomic E-state index is 0.195. The summed E-state index contributed by atoms with van der Waals surface area (Å²) in [4.78, 5) is 10.9. The summed E-state index contributed by atoms with van der Waals surface area (Å²) in [7, 11) is 0. The van der Waals surface area contributed by atoms with Gasteiger partial charge in [-0.25, -0.2) is 0 Å². The molecule has 0 aliphatic carbocycles. The van der Waals surface area contributed by atoms with Crippen molar-refractivity contribution in [1.29, 1.82) is 0 Å². The predicted octanol–water partition coefficient (Wildman–Crippen LogP) is 3.46. The van der Waals surface area contributed by atoms with Crippen LogP contribution in [-0.2, 0) is 11.2 Å². The molecule has 0 radical (unpaired) electrons. The van der Waals surface area contributed by atoms with E-state index in [1.54, 1.807) is 6.92 Å². The van der Waals surface area contributed by atoms with Crippen LogP contribution in [0.3, 0.4) is 0 Å². The molecule has 0 N–H and O–H groups in total.